The standard InChI is InChI=1S/C18H30N2O/c1-13-10-14(2)16(15(3)11-13)17(18(4,5)12-21)20-8-6-19-7-9-20/h10-11,17,19,21H,6-9,12H2,1-5H3/t17-/m0/s1. The summed E-state index contributed by atoms with van der Waals surface area (Å²) in [5, 5.41) is 13.4. The molecule has 1 aliphatic heterocycles. The molecule has 0 spiro atoms. The molecule has 3 nitrogen and oxygen atoms in total. The second-order valence-corrected chi connectivity index (χ2v) is 7.15. The molecule has 0 aliphatic carbocycles. The Bertz CT molecular complexity index is 467. The van der Waals surface area contributed by atoms with Crippen molar-refractivity contribution >= 4 is 0 Å². The maximum absolute atomic E-state index is 9.95. The first-order chi connectivity index (χ1) is 9.86. The van der Waals surface area contributed by atoms with Gasteiger partial charge in [0.05, 0.1) is 0 Å². The lowest BCUT2D eigenvalue weighted by atomic mass is 9.76. The second kappa shape index (κ2) is 6.47. The van der Waals surface area contributed by atoms with Gasteiger partial charge < -0.3 is 10.4 Å². The van der Waals surface area contributed by atoms with Crippen LogP contribution in [0.1, 0.15) is 42.1 Å². The molecule has 3 heteroatoms. The Kier molecular flexibility index (Phi) is 5.07. The average molecular weight is 290 g/mol. The van der Waals surface area contributed by atoms with E-state index in [1.54, 1.807) is 0 Å². The summed E-state index contributed by atoms with van der Waals surface area (Å²) >= 11 is 0. The van der Waals surface area contributed by atoms with Crippen LogP contribution in [0.25, 0.3) is 0 Å². The number of rotatable bonds is 4. The largest absolute Gasteiger partial charge is 0.396 e. The van der Waals surface area contributed by atoms with Crippen molar-refractivity contribution in [2.45, 2.75) is 40.7 Å². The first-order valence-corrected chi connectivity index (χ1v) is 8.00. The van der Waals surface area contributed by atoms with Crippen LogP contribution in [0.5, 0.6) is 0 Å². The molecule has 1 fully saturated rings. The van der Waals surface area contributed by atoms with Gasteiger partial charge >= 0.3 is 0 Å². The summed E-state index contributed by atoms with van der Waals surface area (Å²) in [4.78, 5) is 2.54. The van der Waals surface area contributed by atoms with Gasteiger partial charge in [-0.15, -0.1) is 0 Å². The summed E-state index contributed by atoms with van der Waals surface area (Å²) in [6, 6.07) is 4.81. The molecule has 118 valence electrons. The van der Waals surface area contributed by atoms with E-state index < -0.39 is 0 Å². The van der Waals surface area contributed by atoms with Crippen LogP contribution in [0.15, 0.2) is 12.1 Å². The van der Waals surface area contributed by atoms with Gasteiger partial charge in [0.15, 0.2) is 0 Å². The molecule has 21 heavy (non-hydrogen) atoms. The van der Waals surface area contributed by atoms with Crippen molar-refractivity contribution < 1.29 is 5.11 Å². The van der Waals surface area contributed by atoms with Gasteiger partial charge in [-0.25, -0.2) is 0 Å². The molecular weight excluding hydrogens is 260 g/mol. The molecule has 0 saturated carbocycles. The Balaban J connectivity index is 2.49. The summed E-state index contributed by atoms with van der Waals surface area (Å²) in [7, 11) is 0. The van der Waals surface area contributed by atoms with Crippen molar-refractivity contribution in [2.24, 2.45) is 5.41 Å². The number of nitrogens with one attached hydrogen (secondary N) is 1. The lowest BCUT2D eigenvalue weighted by Gasteiger charge is -2.44. The Labute approximate surface area is 129 Å². The van der Waals surface area contributed by atoms with Crippen molar-refractivity contribution in [1.82, 2.24) is 10.2 Å². The first kappa shape index (κ1) is 16.5. The van der Waals surface area contributed by atoms with Crippen LogP contribution in [-0.2, 0) is 0 Å². The fourth-order valence-electron chi connectivity index (χ4n) is 3.72. The minimum absolute atomic E-state index is 0.151. The highest BCUT2D eigenvalue weighted by molar-refractivity contribution is 5.40. The molecule has 1 aromatic rings. The zero-order chi connectivity index (χ0) is 15.6. The predicted molar refractivity (Wildman–Crippen MR) is 88.7 cm³/mol. The third-order valence-electron chi connectivity index (χ3n) is 4.68. The molecule has 1 heterocycles. The van der Waals surface area contributed by atoms with E-state index in [0.717, 1.165) is 26.2 Å². The average Bonchev–Trinajstić information content (AvgIpc) is 2.43. The van der Waals surface area contributed by atoms with E-state index >= 15 is 0 Å². The highest BCUT2D eigenvalue weighted by Gasteiger charge is 2.37. The number of hydrogen-bond acceptors (Lipinski definition) is 3. The summed E-state index contributed by atoms with van der Waals surface area (Å²) in [5.74, 6) is 0. The Hall–Kier alpha value is -0.900. The molecule has 0 amide bonds. The predicted octanol–water partition coefficient (Wildman–Crippen LogP) is 2.58. The van der Waals surface area contributed by atoms with Crippen LogP contribution in [-0.4, -0.2) is 42.8 Å². The smallest absolute Gasteiger partial charge is 0.0500 e. The summed E-state index contributed by atoms with van der Waals surface area (Å²) in [5.41, 5.74) is 5.26. The fourth-order valence-corrected chi connectivity index (χ4v) is 3.72. The van der Waals surface area contributed by atoms with Gasteiger partial charge in [-0.2, -0.15) is 0 Å². The number of piperazine rings is 1. The van der Waals surface area contributed by atoms with E-state index in [9.17, 15) is 5.11 Å². The maximum atomic E-state index is 9.95. The lowest BCUT2D eigenvalue weighted by molar-refractivity contribution is 0.0298. The highest BCUT2D eigenvalue weighted by atomic mass is 16.3. The minimum atomic E-state index is -0.151. The quantitative estimate of drug-likeness (QED) is 0.894. The number of benzene rings is 1. The van der Waals surface area contributed by atoms with E-state index in [4.69, 9.17) is 0 Å². The van der Waals surface area contributed by atoms with Gasteiger partial charge in [0.25, 0.3) is 0 Å². The van der Waals surface area contributed by atoms with Crippen molar-refractivity contribution in [3.8, 4) is 0 Å². The summed E-state index contributed by atoms with van der Waals surface area (Å²) in [6.07, 6.45) is 0. The molecule has 1 aliphatic rings. The van der Waals surface area contributed by atoms with Crippen LogP contribution in [0.2, 0.25) is 0 Å². The molecular formula is C18H30N2O. The number of hydrogen-bond donors (Lipinski definition) is 2. The monoisotopic (exact) mass is 290 g/mol. The van der Waals surface area contributed by atoms with E-state index in [2.05, 4.69) is 57.0 Å². The zero-order valence-corrected chi connectivity index (χ0v) is 14.2. The van der Waals surface area contributed by atoms with Crippen molar-refractivity contribution in [1.29, 1.82) is 0 Å². The van der Waals surface area contributed by atoms with Crippen molar-refractivity contribution in [3.63, 3.8) is 0 Å². The second-order valence-electron chi connectivity index (χ2n) is 7.15. The lowest BCUT2D eigenvalue weighted by Crippen LogP contribution is -2.50. The van der Waals surface area contributed by atoms with Crippen LogP contribution in [0, 0.1) is 26.2 Å². The van der Waals surface area contributed by atoms with Crippen LogP contribution in [0.3, 0.4) is 0 Å². The minimum Gasteiger partial charge on any atom is -0.396 e. The number of nitrogens with zero attached hydrogens (tertiary/aromatic N) is 1. The van der Waals surface area contributed by atoms with Gasteiger partial charge in [0.2, 0.25) is 0 Å². The van der Waals surface area contributed by atoms with Crippen molar-refractivity contribution in [2.75, 3.05) is 32.8 Å². The molecule has 0 unspecified atom stereocenters. The fraction of sp³-hybridized carbons (Fsp3) is 0.667. The van der Waals surface area contributed by atoms with E-state index in [-0.39, 0.29) is 18.1 Å². The first-order valence-electron chi connectivity index (χ1n) is 8.00. The SMILES string of the molecule is Cc1cc(C)c([C@H](N2CCNCC2)C(C)(C)CO)c(C)c1. The molecule has 0 radical (unpaired) electrons. The Morgan fingerprint density at radius 3 is 2.14 bits per heavy atom. The number of aliphatic hydroxyl groups excluding tert-OH is 1. The number of aliphatic hydroxyl groups is 1. The van der Waals surface area contributed by atoms with Crippen LogP contribution in [0.4, 0.5) is 0 Å². The molecule has 0 aromatic heterocycles. The maximum Gasteiger partial charge on any atom is 0.0500 e. The van der Waals surface area contributed by atoms with Gasteiger partial charge in [0.1, 0.15) is 0 Å². The molecule has 1 aromatic carbocycles. The number of aryl methyl sites for hydroxylation is 3. The van der Waals surface area contributed by atoms with Crippen molar-refractivity contribution in [3.05, 3.63) is 34.4 Å². The normalized spacial score (nSPS) is 18.8. The topological polar surface area (TPSA) is 35.5 Å². The zero-order valence-electron chi connectivity index (χ0n) is 14.2. The molecule has 2 N–H and O–H groups in total. The summed E-state index contributed by atoms with van der Waals surface area (Å²) < 4.78 is 0. The van der Waals surface area contributed by atoms with E-state index in [0.29, 0.717) is 0 Å². The highest BCUT2D eigenvalue weighted by Crippen LogP contribution is 2.41. The van der Waals surface area contributed by atoms with Crippen LogP contribution < -0.4 is 5.32 Å². The van der Waals surface area contributed by atoms with Gasteiger partial charge in [-0.05, 0) is 37.5 Å². The van der Waals surface area contributed by atoms with Gasteiger partial charge in [-0.3, -0.25) is 4.90 Å². The molecule has 0 bridgehead atoms. The third kappa shape index (κ3) is 3.47. The van der Waals surface area contributed by atoms with Gasteiger partial charge in [0, 0.05) is 44.2 Å². The van der Waals surface area contributed by atoms with Crippen LogP contribution >= 0.6 is 0 Å². The molecule has 1 saturated heterocycles. The Morgan fingerprint density at radius 2 is 1.67 bits per heavy atom. The van der Waals surface area contributed by atoms with E-state index in [1.807, 2.05) is 0 Å². The van der Waals surface area contributed by atoms with E-state index in [1.165, 1.54) is 22.3 Å². The summed E-state index contributed by atoms with van der Waals surface area (Å²) in [6.45, 7) is 15.3. The third-order valence-corrected chi connectivity index (χ3v) is 4.68. The van der Waals surface area contributed by atoms with Gasteiger partial charge in [-0.1, -0.05) is 31.5 Å². The molecule has 2 rings (SSSR count). The Morgan fingerprint density at radius 1 is 1.14 bits per heavy atom. The molecule has 1 atom stereocenters.